The summed E-state index contributed by atoms with van der Waals surface area (Å²) in [5.74, 6) is 0. The fraction of sp³-hybridized carbons (Fsp3) is 1.00. The molecule has 0 rings (SSSR count). The molecule has 0 heterocycles. The van der Waals surface area contributed by atoms with Gasteiger partial charge in [-0.05, 0) is 6.42 Å². The molecule has 1 N–H and O–H groups in total. The van der Waals surface area contributed by atoms with E-state index in [1.165, 1.54) is 0 Å². The summed E-state index contributed by atoms with van der Waals surface area (Å²) in [6, 6.07) is 0. The van der Waals surface area contributed by atoms with Gasteiger partial charge in [0.15, 0.2) is 0 Å². The predicted molar refractivity (Wildman–Crippen MR) is 35.5 cm³/mol. The minimum Gasteiger partial charge on any atom is -0.396 e. The Hall–Kier alpha value is -0.0151. The zero-order valence-corrected chi connectivity index (χ0v) is 5.39. The lowest BCUT2D eigenvalue weighted by atomic mass is 9.85. The van der Waals surface area contributed by atoms with Crippen molar-refractivity contribution in [1.29, 1.82) is 0 Å². The molecule has 48 valence electrons. The molecule has 0 aromatic heterocycles. The van der Waals surface area contributed by atoms with Gasteiger partial charge in [0.05, 0.1) is 0 Å². The zero-order valence-electron chi connectivity index (χ0n) is 5.39. The van der Waals surface area contributed by atoms with Crippen LogP contribution in [0.5, 0.6) is 0 Å². The highest BCUT2D eigenvalue weighted by Crippen LogP contribution is 1.78. The van der Waals surface area contributed by atoms with Crippen LogP contribution in [0.3, 0.4) is 0 Å². The van der Waals surface area contributed by atoms with Crippen molar-refractivity contribution in [3.8, 4) is 0 Å². The first kappa shape index (κ1) is 7.98. The largest absolute Gasteiger partial charge is 0.396 e. The molecule has 0 saturated heterocycles. The second-order valence-electron chi connectivity index (χ2n) is 1.69. The number of hydrogen-bond donors (Lipinski definition) is 1. The Kier molecular flexibility index (Phi) is 6.97. The number of hydrogen-bond acceptors (Lipinski definition) is 2. The van der Waals surface area contributed by atoms with Crippen molar-refractivity contribution in [3.05, 3.63) is 0 Å². The van der Waals surface area contributed by atoms with Crippen molar-refractivity contribution in [2.45, 2.75) is 13.2 Å². The highest BCUT2D eigenvalue weighted by molar-refractivity contribution is 6.33. The van der Waals surface area contributed by atoms with Gasteiger partial charge in [-0.25, -0.2) is 0 Å². The van der Waals surface area contributed by atoms with Crippen LogP contribution in [0.15, 0.2) is 0 Å². The van der Waals surface area contributed by atoms with Crippen LogP contribution in [0, 0.1) is 0 Å². The molecule has 0 spiro atoms. The molecule has 0 amide bonds. The summed E-state index contributed by atoms with van der Waals surface area (Å²) in [4.78, 5) is 0. The molecule has 0 radical (unpaired) electrons. The molecule has 0 aromatic carbocycles. The van der Waals surface area contributed by atoms with E-state index in [1.807, 2.05) is 0 Å². The number of aliphatic hydroxyl groups is 1. The van der Waals surface area contributed by atoms with Gasteiger partial charge in [0.25, 0.3) is 0 Å². The van der Waals surface area contributed by atoms with E-state index in [0.29, 0.717) is 6.61 Å². The Morgan fingerprint density at radius 3 is 2.88 bits per heavy atom. The third-order valence-corrected chi connectivity index (χ3v) is 0.795. The molecule has 0 bridgehead atoms. The molecule has 0 unspecified atom stereocenters. The molecule has 0 fully saturated rings. The smallest absolute Gasteiger partial charge is 0.150 e. The third kappa shape index (κ3) is 5.98. The third-order valence-electron chi connectivity index (χ3n) is 0.795. The number of ether oxygens (including phenoxy) is 1. The zero-order chi connectivity index (χ0) is 6.24. The molecule has 0 aliphatic carbocycles. The lowest BCUT2D eigenvalue weighted by Crippen LogP contribution is -2.02. The van der Waals surface area contributed by atoms with Crippen LogP contribution < -0.4 is 0 Å². The van der Waals surface area contributed by atoms with Crippen molar-refractivity contribution in [1.82, 2.24) is 0 Å². The van der Waals surface area contributed by atoms with E-state index in [1.54, 1.807) is 0 Å². The highest BCUT2D eigenvalue weighted by atomic mass is 16.5. The molecule has 3 heteroatoms. The number of rotatable bonds is 5. The van der Waals surface area contributed by atoms with Gasteiger partial charge in [-0.3, -0.25) is 0 Å². The van der Waals surface area contributed by atoms with E-state index < -0.39 is 0 Å². The molecular formula is C5H13BO2. The highest BCUT2D eigenvalue weighted by Gasteiger charge is 1.83. The molecule has 0 aromatic rings. The average molecular weight is 116 g/mol. The molecule has 0 aliphatic heterocycles. The summed E-state index contributed by atoms with van der Waals surface area (Å²) in [6.07, 6.45) is 0.764. The topological polar surface area (TPSA) is 29.5 Å². The van der Waals surface area contributed by atoms with Crippen LogP contribution in [0.1, 0.15) is 6.42 Å². The molecule has 0 aliphatic rings. The van der Waals surface area contributed by atoms with Gasteiger partial charge < -0.3 is 9.84 Å². The van der Waals surface area contributed by atoms with E-state index in [9.17, 15) is 0 Å². The minimum absolute atomic E-state index is 0.240. The van der Waals surface area contributed by atoms with Gasteiger partial charge >= 0.3 is 0 Å². The molecule has 0 saturated carbocycles. The second-order valence-corrected chi connectivity index (χ2v) is 1.69. The van der Waals surface area contributed by atoms with Crippen molar-refractivity contribution < 1.29 is 9.84 Å². The monoisotopic (exact) mass is 116 g/mol. The first-order valence-electron chi connectivity index (χ1n) is 3.10. The first-order chi connectivity index (χ1) is 3.91. The summed E-state index contributed by atoms with van der Waals surface area (Å²) >= 11 is 0. The lowest BCUT2D eigenvalue weighted by molar-refractivity contribution is 0.150. The van der Waals surface area contributed by atoms with Gasteiger partial charge in [0.1, 0.15) is 7.28 Å². The Bertz CT molecular complexity index is 35.4. The maximum Gasteiger partial charge on any atom is 0.150 e. The Morgan fingerprint density at radius 1 is 1.62 bits per heavy atom. The summed E-state index contributed by atoms with van der Waals surface area (Å²) < 4.78 is 5.06. The van der Waals surface area contributed by atoms with E-state index in [2.05, 4.69) is 6.82 Å². The van der Waals surface area contributed by atoms with Crippen molar-refractivity contribution in [2.75, 3.05) is 19.7 Å². The van der Waals surface area contributed by atoms with Crippen LogP contribution in [0.25, 0.3) is 0 Å². The first-order valence-corrected chi connectivity index (χ1v) is 3.10. The summed E-state index contributed by atoms with van der Waals surface area (Å²) in [5, 5.41) is 8.29. The van der Waals surface area contributed by atoms with E-state index in [0.717, 1.165) is 20.2 Å². The molecule has 8 heavy (non-hydrogen) atoms. The maximum absolute atomic E-state index is 8.29. The SMILES string of the molecule is CBCOCCCO. The molecular weight excluding hydrogens is 103 g/mol. The van der Waals surface area contributed by atoms with E-state index in [-0.39, 0.29) is 6.61 Å². The van der Waals surface area contributed by atoms with Crippen molar-refractivity contribution >= 4 is 7.28 Å². The molecule has 2 nitrogen and oxygen atoms in total. The standard InChI is InChI=1S/C5H13BO2/c1-6-5-8-4-2-3-7/h6-7H,2-5H2,1H3. The van der Waals surface area contributed by atoms with Gasteiger partial charge in [-0.1, -0.05) is 6.82 Å². The lowest BCUT2D eigenvalue weighted by Gasteiger charge is -1.96. The maximum atomic E-state index is 8.29. The second kappa shape index (κ2) is 6.98. The van der Waals surface area contributed by atoms with Crippen LogP contribution in [0.2, 0.25) is 6.82 Å². The Morgan fingerprint density at radius 2 is 2.38 bits per heavy atom. The van der Waals surface area contributed by atoms with Crippen molar-refractivity contribution in [3.63, 3.8) is 0 Å². The van der Waals surface area contributed by atoms with Crippen LogP contribution in [-0.2, 0) is 4.74 Å². The normalized spacial score (nSPS) is 9.25. The van der Waals surface area contributed by atoms with Crippen LogP contribution >= 0.6 is 0 Å². The van der Waals surface area contributed by atoms with Gasteiger partial charge in [-0.2, -0.15) is 0 Å². The van der Waals surface area contributed by atoms with Crippen LogP contribution in [-0.4, -0.2) is 32.1 Å². The van der Waals surface area contributed by atoms with Crippen LogP contribution in [0.4, 0.5) is 0 Å². The van der Waals surface area contributed by atoms with Gasteiger partial charge in [0, 0.05) is 19.7 Å². The Balaban J connectivity index is 2.53. The Labute approximate surface area is 51.1 Å². The predicted octanol–water partition coefficient (Wildman–Crippen LogP) is -0.173. The quantitative estimate of drug-likeness (QED) is 0.399. The summed E-state index contributed by atoms with van der Waals surface area (Å²) in [7, 11) is 1.06. The fourth-order valence-electron chi connectivity index (χ4n) is 0.413. The van der Waals surface area contributed by atoms with E-state index in [4.69, 9.17) is 9.84 Å². The van der Waals surface area contributed by atoms with E-state index >= 15 is 0 Å². The molecule has 0 atom stereocenters. The summed E-state index contributed by atoms with van der Waals surface area (Å²) in [6.45, 7) is 3.83. The number of aliphatic hydroxyl groups excluding tert-OH is 1. The fourth-order valence-corrected chi connectivity index (χ4v) is 0.413. The van der Waals surface area contributed by atoms with Crippen molar-refractivity contribution in [2.24, 2.45) is 0 Å². The van der Waals surface area contributed by atoms with Gasteiger partial charge in [-0.15, -0.1) is 0 Å². The minimum atomic E-state index is 0.240. The average Bonchev–Trinajstić information content (AvgIpc) is 1.81. The van der Waals surface area contributed by atoms with Gasteiger partial charge in [0.2, 0.25) is 0 Å². The summed E-state index contributed by atoms with van der Waals surface area (Å²) in [5.41, 5.74) is 0.